The number of hydrogen-bond acceptors (Lipinski definition) is 1. The van der Waals surface area contributed by atoms with Crippen LogP contribution in [0.3, 0.4) is 0 Å². The van der Waals surface area contributed by atoms with Gasteiger partial charge in [-0.25, -0.2) is 4.39 Å². The van der Waals surface area contributed by atoms with Gasteiger partial charge in [-0.2, -0.15) is 0 Å². The molecule has 0 saturated carbocycles. The highest BCUT2D eigenvalue weighted by molar-refractivity contribution is 6.31. The van der Waals surface area contributed by atoms with Gasteiger partial charge >= 0.3 is 0 Å². The van der Waals surface area contributed by atoms with Gasteiger partial charge in [-0.15, -0.1) is 0 Å². The van der Waals surface area contributed by atoms with Crippen LogP contribution in [0.4, 0.5) is 4.39 Å². The number of hydrogen-bond donors (Lipinski definition) is 1. The van der Waals surface area contributed by atoms with E-state index in [0.29, 0.717) is 12.1 Å². The van der Waals surface area contributed by atoms with Crippen molar-refractivity contribution in [1.29, 1.82) is 0 Å². The quantitative estimate of drug-likeness (QED) is 0.834. The largest absolute Gasteiger partial charge is 0.306 e. The molecule has 3 heteroatoms. The molecule has 0 aliphatic carbocycles. The number of halogens is 2. The van der Waals surface area contributed by atoms with Crippen molar-refractivity contribution >= 4 is 11.6 Å². The molecule has 0 heterocycles. The fraction of sp³-hybridized carbons (Fsp3) is 0.250. The Labute approximate surface area is 118 Å². The van der Waals surface area contributed by atoms with Gasteiger partial charge in [-0.3, -0.25) is 0 Å². The second-order valence-electron chi connectivity index (χ2n) is 4.45. The Morgan fingerprint density at radius 1 is 1.11 bits per heavy atom. The number of rotatable bonds is 5. The molecular weight excluding hydrogens is 261 g/mol. The summed E-state index contributed by atoms with van der Waals surface area (Å²) in [5, 5.41) is 4.09. The normalized spacial score (nSPS) is 12.4. The third-order valence-corrected chi connectivity index (χ3v) is 3.55. The van der Waals surface area contributed by atoms with Crippen LogP contribution in [-0.2, 0) is 6.54 Å². The Balaban J connectivity index is 2.09. The van der Waals surface area contributed by atoms with E-state index in [1.807, 2.05) is 43.3 Å². The summed E-state index contributed by atoms with van der Waals surface area (Å²) >= 11 is 6.11. The summed E-state index contributed by atoms with van der Waals surface area (Å²) in [6, 6.07) is 14.6. The third-order valence-electron chi connectivity index (χ3n) is 3.19. The van der Waals surface area contributed by atoms with Crippen LogP contribution >= 0.6 is 11.6 Å². The fourth-order valence-corrected chi connectivity index (χ4v) is 2.31. The predicted molar refractivity (Wildman–Crippen MR) is 77.7 cm³/mol. The maximum absolute atomic E-state index is 13.8. The zero-order chi connectivity index (χ0) is 13.7. The Morgan fingerprint density at radius 2 is 1.79 bits per heavy atom. The maximum Gasteiger partial charge on any atom is 0.127 e. The highest BCUT2D eigenvalue weighted by Crippen LogP contribution is 2.21. The lowest BCUT2D eigenvalue weighted by atomic mass is 10.0. The van der Waals surface area contributed by atoms with Crippen molar-refractivity contribution in [1.82, 2.24) is 5.32 Å². The summed E-state index contributed by atoms with van der Waals surface area (Å²) in [6.07, 6.45) is 0.825. The molecule has 1 N–H and O–H groups in total. The first-order valence-corrected chi connectivity index (χ1v) is 6.81. The Kier molecular flexibility index (Phi) is 4.94. The summed E-state index contributed by atoms with van der Waals surface area (Å²) in [4.78, 5) is 0. The highest BCUT2D eigenvalue weighted by Gasteiger charge is 2.13. The van der Waals surface area contributed by atoms with Gasteiger partial charge in [0.25, 0.3) is 0 Å². The van der Waals surface area contributed by atoms with Crippen molar-refractivity contribution < 1.29 is 4.39 Å². The molecular formula is C16H17ClFN. The molecule has 2 aromatic rings. The summed E-state index contributed by atoms with van der Waals surface area (Å²) in [7, 11) is 0. The summed E-state index contributed by atoms with van der Waals surface area (Å²) < 4.78 is 13.8. The van der Waals surface area contributed by atoms with Crippen LogP contribution < -0.4 is 5.32 Å². The SMILES string of the molecule is CCC(NCc1ccccc1Cl)c1ccccc1F. The van der Waals surface area contributed by atoms with Crippen LogP contribution in [0.5, 0.6) is 0 Å². The van der Waals surface area contributed by atoms with E-state index in [2.05, 4.69) is 5.32 Å². The fourth-order valence-electron chi connectivity index (χ4n) is 2.11. The first-order chi connectivity index (χ1) is 9.22. The molecule has 1 unspecified atom stereocenters. The van der Waals surface area contributed by atoms with Gasteiger partial charge in [-0.05, 0) is 24.1 Å². The van der Waals surface area contributed by atoms with Gasteiger partial charge < -0.3 is 5.32 Å². The van der Waals surface area contributed by atoms with Gasteiger partial charge in [-0.1, -0.05) is 54.9 Å². The van der Waals surface area contributed by atoms with Crippen molar-refractivity contribution in [3.05, 3.63) is 70.5 Å². The molecule has 2 aromatic carbocycles. The van der Waals surface area contributed by atoms with E-state index < -0.39 is 0 Å². The van der Waals surface area contributed by atoms with Crippen LogP contribution in [0.2, 0.25) is 5.02 Å². The van der Waals surface area contributed by atoms with Crippen LogP contribution in [0, 0.1) is 5.82 Å². The van der Waals surface area contributed by atoms with E-state index in [1.165, 1.54) is 6.07 Å². The second-order valence-corrected chi connectivity index (χ2v) is 4.86. The first-order valence-electron chi connectivity index (χ1n) is 6.43. The van der Waals surface area contributed by atoms with Gasteiger partial charge in [0.05, 0.1) is 0 Å². The van der Waals surface area contributed by atoms with Gasteiger partial charge in [0.2, 0.25) is 0 Å². The van der Waals surface area contributed by atoms with E-state index in [0.717, 1.165) is 17.0 Å². The molecule has 0 saturated heterocycles. The second kappa shape index (κ2) is 6.69. The Morgan fingerprint density at radius 3 is 2.47 bits per heavy atom. The van der Waals surface area contributed by atoms with Crippen molar-refractivity contribution in [3.63, 3.8) is 0 Å². The standard InChI is InChI=1S/C16H17ClFN/c1-2-16(13-8-4-6-10-15(13)18)19-11-12-7-3-5-9-14(12)17/h3-10,16,19H,2,11H2,1H3. The van der Waals surface area contributed by atoms with Crippen LogP contribution in [-0.4, -0.2) is 0 Å². The number of nitrogens with one attached hydrogen (secondary N) is 1. The lowest BCUT2D eigenvalue weighted by Crippen LogP contribution is -2.21. The smallest absolute Gasteiger partial charge is 0.127 e. The average Bonchev–Trinajstić information content (AvgIpc) is 2.43. The molecule has 0 radical (unpaired) electrons. The lowest BCUT2D eigenvalue weighted by molar-refractivity contribution is 0.488. The molecule has 0 bridgehead atoms. The molecule has 1 nitrogen and oxygen atoms in total. The molecule has 0 fully saturated rings. The Hall–Kier alpha value is -1.38. The molecule has 0 aromatic heterocycles. The maximum atomic E-state index is 13.8. The van der Waals surface area contributed by atoms with Crippen LogP contribution in [0.15, 0.2) is 48.5 Å². The van der Waals surface area contributed by atoms with Crippen molar-refractivity contribution in [3.8, 4) is 0 Å². The minimum absolute atomic E-state index is 0.00234. The zero-order valence-electron chi connectivity index (χ0n) is 10.9. The molecule has 19 heavy (non-hydrogen) atoms. The van der Waals surface area contributed by atoms with Gasteiger partial charge in [0.1, 0.15) is 5.82 Å². The van der Waals surface area contributed by atoms with E-state index in [9.17, 15) is 4.39 Å². The van der Waals surface area contributed by atoms with E-state index in [-0.39, 0.29) is 11.9 Å². The van der Waals surface area contributed by atoms with Crippen LogP contribution in [0.25, 0.3) is 0 Å². The predicted octanol–water partition coefficient (Wildman–Crippen LogP) is 4.72. The molecule has 100 valence electrons. The molecule has 0 aliphatic rings. The van der Waals surface area contributed by atoms with Crippen molar-refractivity contribution in [2.75, 3.05) is 0 Å². The van der Waals surface area contributed by atoms with E-state index in [1.54, 1.807) is 6.07 Å². The van der Waals surface area contributed by atoms with Gasteiger partial charge in [0.15, 0.2) is 0 Å². The zero-order valence-corrected chi connectivity index (χ0v) is 11.6. The summed E-state index contributed by atoms with van der Waals surface area (Å²) in [6.45, 7) is 2.67. The first kappa shape index (κ1) is 14.0. The minimum Gasteiger partial charge on any atom is -0.306 e. The van der Waals surface area contributed by atoms with Crippen molar-refractivity contribution in [2.45, 2.75) is 25.9 Å². The van der Waals surface area contributed by atoms with E-state index >= 15 is 0 Å². The summed E-state index contributed by atoms with van der Waals surface area (Å²) in [5.74, 6) is -0.166. The molecule has 2 rings (SSSR count). The average molecular weight is 278 g/mol. The third kappa shape index (κ3) is 3.55. The molecule has 1 atom stereocenters. The van der Waals surface area contributed by atoms with E-state index in [4.69, 9.17) is 11.6 Å². The van der Waals surface area contributed by atoms with Crippen LogP contribution in [0.1, 0.15) is 30.5 Å². The number of benzene rings is 2. The van der Waals surface area contributed by atoms with Crippen molar-refractivity contribution in [2.24, 2.45) is 0 Å². The monoisotopic (exact) mass is 277 g/mol. The molecule has 0 aliphatic heterocycles. The minimum atomic E-state index is -0.166. The summed E-state index contributed by atoms with van der Waals surface area (Å²) in [5.41, 5.74) is 1.73. The Bertz CT molecular complexity index is 542. The molecule has 0 amide bonds. The lowest BCUT2D eigenvalue weighted by Gasteiger charge is -2.18. The molecule has 0 spiro atoms. The highest BCUT2D eigenvalue weighted by atomic mass is 35.5. The van der Waals surface area contributed by atoms with Gasteiger partial charge in [0, 0.05) is 23.2 Å². The topological polar surface area (TPSA) is 12.0 Å².